The highest BCUT2D eigenvalue weighted by Gasteiger charge is 1.96. The highest BCUT2D eigenvalue weighted by atomic mass is 16.1. The molecule has 0 aliphatic carbocycles. The predicted octanol–water partition coefficient (Wildman–Crippen LogP) is 0.471. The van der Waals surface area contributed by atoms with Crippen molar-refractivity contribution in [1.82, 2.24) is 4.98 Å². The van der Waals surface area contributed by atoms with Crippen molar-refractivity contribution >= 4 is 17.7 Å². The summed E-state index contributed by atoms with van der Waals surface area (Å²) in [6, 6.07) is 1.79. The minimum Gasteiger partial charge on any atom is -0.397 e. The van der Waals surface area contributed by atoms with Gasteiger partial charge in [-0.2, -0.15) is 0 Å². The van der Waals surface area contributed by atoms with Crippen LogP contribution in [0.1, 0.15) is 11.3 Å². The van der Waals surface area contributed by atoms with Gasteiger partial charge in [-0.15, -0.1) is 0 Å². The first-order valence-electron chi connectivity index (χ1n) is 3.79. The Hall–Kier alpha value is -1.84. The zero-order chi connectivity index (χ0) is 9.84. The Balaban J connectivity index is 2.96. The van der Waals surface area contributed by atoms with Crippen molar-refractivity contribution in [2.75, 3.05) is 5.73 Å². The van der Waals surface area contributed by atoms with E-state index in [-0.39, 0.29) is 0 Å². The molecule has 1 aromatic rings. The lowest BCUT2D eigenvalue weighted by Crippen LogP contribution is -2.05. The Bertz CT molecular complexity index is 358. The fourth-order valence-corrected chi connectivity index (χ4v) is 0.943. The fourth-order valence-electron chi connectivity index (χ4n) is 0.943. The molecular weight excluding hydrogens is 166 g/mol. The van der Waals surface area contributed by atoms with Gasteiger partial charge in [0.25, 0.3) is 0 Å². The third-order valence-electron chi connectivity index (χ3n) is 1.55. The van der Waals surface area contributed by atoms with Crippen LogP contribution in [0.3, 0.4) is 0 Å². The number of anilines is 1. The molecule has 4 N–H and O–H groups in total. The number of nitrogen functional groups attached to an aromatic ring is 1. The van der Waals surface area contributed by atoms with Crippen LogP contribution in [0, 0.1) is 6.92 Å². The highest BCUT2D eigenvalue weighted by Crippen LogP contribution is 2.09. The van der Waals surface area contributed by atoms with Crippen LogP contribution in [-0.2, 0) is 4.79 Å². The van der Waals surface area contributed by atoms with Gasteiger partial charge in [-0.3, -0.25) is 9.78 Å². The molecule has 1 amide bonds. The number of amides is 1. The van der Waals surface area contributed by atoms with Crippen molar-refractivity contribution < 1.29 is 4.79 Å². The molecule has 0 atom stereocenters. The summed E-state index contributed by atoms with van der Waals surface area (Å²) in [4.78, 5) is 14.5. The average molecular weight is 177 g/mol. The van der Waals surface area contributed by atoms with Crippen molar-refractivity contribution in [3.8, 4) is 0 Å². The quantitative estimate of drug-likeness (QED) is 0.644. The molecule has 0 saturated carbocycles. The van der Waals surface area contributed by atoms with Gasteiger partial charge in [-0.05, 0) is 24.6 Å². The lowest BCUT2D eigenvalue weighted by atomic mass is 10.2. The largest absolute Gasteiger partial charge is 0.397 e. The Kier molecular flexibility index (Phi) is 2.64. The normalized spacial score (nSPS) is 10.5. The molecule has 68 valence electrons. The van der Waals surface area contributed by atoms with Crippen LogP contribution in [-0.4, -0.2) is 10.9 Å². The van der Waals surface area contributed by atoms with Gasteiger partial charge in [-0.25, -0.2) is 0 Å². The van der Waals surface area contributed by atoms with E-state index in [1.54, 1.807) is 12.1 Å². The Morgan fingerprint density at radius 2 is 2.31 bits per heavy atom. The number of nitrogens with zero attached hydrogens (tertiary/aromatic N) is 1. The summed E-state index contributed by atoms with van der Waals surface area (Å²) in [5.74, 6) is -0.488. The van der Waals surface area contributed by atoms with Crippen molar-refractivity contribution in [2.24, 2.45) is 5.73 Å². The maximum absolute atomic E-state index is 10.4. The highest BCUT2D eigenvalue weighted by molar-refractivity contribution is 5.90. The third kappa shape index (κ3) is 2.59. The molecule has 0 aliphatic rings. The first-order valence-corrected chi connectivity index (χ1v) is 3.79. The predicted molar refractivity (Wildman–Crippen MR) is 51.6 cm³/mol. The van der Waals surface area contributed by atoms with E-state index in [1.807, 2.05) is 6.92 Å². The summed E-state index contributed by atoms with van der Waals surface area (Å²) in [6.07, 6.45) is 4.37. The number of carbonyl (C=O) groups excluding carboxylic acids is 1. The second-order valence-electron chi connectivity index (χ2n) is 2.71. The molecular formula is C9H11N3O. The second-order valence-corrected chi connectivity index (χ2v) is 2.71. The minimum atomic E-state index is -0.488. The first kappa shape index (κ1) is 9.25. The van der Waals surface area contributed by atoms with Gasteiger partial charge in [0, 0.05) is 6.08 Å². The van der Waals surface area contributed by atoms with Gasteiger partial charge in [-0.1, -0.05) is 0 Å². The van der Waals surface area contributed by atoms with Crippen molar-refractivity contribution in [2.45, 2.75) is 6.92 Å². The van der Waals surface area contributed by atoms with Gasteiger partial charge in [0.1, 0.15) is 0 Å². The van der Waals surface area contributed by atoms with Crippen molar-refractivity contribution in [1.29, 1.82) is 0 Å². The molecule has 0 fully saturated rings. The van der Waals surface area contributed by atoms with Crippen LogP contribution in [0.15, 0.2) is 18.3 Å². The monoisotopic (exact) mass is 177 g/mol. The maximum Gasteiger partial charge on any atom is 0.241 e. The van der Waals surface area contributed by atoms with Crippen LogP contribution < -0.4 is 11.5 Å². The fraction of sp³-hybridized carbons (Fsp3) is 0.111. The van der Waals surface area contributed by atoms with E-state index in [4.69, 9.17) is 11.5 Å². The maximum atomic E-state index is 10.4. The van der Waals surface area contributed by atoms with E-state index in [1.165, 1.54) is 12.3 Å². The Morgan fingerprint density at radius 3 is 2.85 bits per heavy atom. The topological polar surface area (TPSA) is 82.0 Å². The molecule has 0 saturated heterocycles. The van der Waals surface area contributed by atoms with Crippen LogP contribution in [0.5, 0.6) is 0 Å². The number of carbonyl (C=O) groups is 1. The average Bonchev–Trinajstić information content (AvgIpc) is 2.02. The standard InChI is InChI=1S/C9H11N3O/c1-6-4-7(10)5-12-8(6)2-3-9(11)13/h2-5H,10H2,1H3,(H2,11,13). The third-order valence-corrected chi connectivity index (χ3v) is 1.55. The van der Waals surface area contributed by atoms with Crippen molar-refractivity contribution in [3.63, 3.8) is 0 Å². The summed E-state index contributed by atoms with van der Waals surface area (Å²) in [6.45, 7) is 1.87. The van der Waals surface area contributed by atoms with Crippen LogP contribution in [0.2, 0.25) is 0 Å². The van der Waals surface area contributed by atoms with E-state index in [9.17, 15) is 4.79 Å². The molecule has 13 heavy (non-hydrogen) atoms. The summed E-state index contributed by atoms with van der Waals surface area (Å²) in [5, 5.41) is 0. The van der Waals surface area contributed by atoms with Crippen LogP contribution in [0.25, 0.3) is 6.08 Å². The number of aromatic nitrogens is 1. The number of nitrogens with two attached hydrogens (primary N) is 2. The number of pyridine rings is 1. The molecule has 0 aliphatic heterocycles. The smallest absolute Gasteiger partial charge is 0.241 e. The molecule has 4 nitrogen and oxygen atoms in total. The van der Waals surface area contributed by atoms with Gasteiger partial charge >= 0.3 is 0 Å². The van der Waals surface area contributed by atoms with E-state index in [0.717, 1.165) is 5.56 Å². The van der Waals surface area contributed by atoms with Gasteiger partial charge in [0.2, 0.25) is 5.91 Å². The summed E-state index contributed by atoms with van der Waals surface area (Å²) in [7, 11) is 0. The second kappa shape index (κ2) is 3.71. The lowest BCUT2D eigenvalue weighted by Gasteiger charge is -1.99. The zero-order valence-corrected chi connectivity index (χ0v) is 7.32. The summed E-state index contributed by atoms with van der Waals surface area (Å²) < 4.78 is 0. The molecule has 0 radical (unpaired) electrons. The SMILES string of the molecule is Cc1cc(N)cnc1C=CC(N)=O. The van der Waals surface area contributed by atoms with Gasteiger partial charge in [0.05, 0.1) is 17.6 Å². The molecule has 0 aromatic carbocycles. The minimum absolute atomic E-state index is 0.488. The molecule has 1 aromatic heterocycles. The molecule has 4 heteroatoms. The Labute approximate surface area is 76.3 Å². The lowest BCUT2D eigenvalue weighted by molar-refractivity contribution is -0.113. The number of aryl methyl sites for hydroxylation is 1. The number of hydrogen-bond donors (Lipinski definition) is 2. The van der Waals surface area contributed by atoms with Gasteiger partial charge < -0.3 is 11.5 Å². The molecule has 1 heterocycles. The summed E-state index contributed by atoms with van der Waals surface area (Å²) >= 11 is 0. The van der Waals surface area contributed by atoms with E-state index < -0.39 is 5.91 Å². The summed E-state index contributed by atoms with van der Waals surface area (Å²) in [5.41, 5.74) is 12.7. The molecule has 0 spiro atoms. The molecule has 0 bridgehead atoms. The van der Waals surface area contributed by atoms with Crippen LogP contribution in [0.4, 0.5) is 5.69 Å². The van der Waals surface area contributed by atoms with Crippen molar-refractivity contribution in [3.05, 3.63) is 29.6 Å². The molecule has 0 unspecified atom stereocenters. The van der Waals surface area contributed by atoms with E-state index in [2.05, 4.69) is 4.98 Å². The van der Waals surface area contributed by atoms with E-state index in [0.29, 0.717) is 11.4 Å². The number of rotatable bonds is 2. The Morgan fingerprint density at radius 1 is 1.62 bits per heavy atom. The van der Waals surface area contributed by atoms with Gasteiger partial charge in [0.15, 0.2) is 0 Å². The first-order chi connectivity index (χ1) is 6.09. The van der Waals surface area contributed by atoms with Crippen LogP contribution >= 0.6 is 0 Å². The number of primary amides is 1. The number of hydrogen-bond acceptors (Lipinski definition) is 3. The molecule has 1 rings (SSSR count). The zero-order valence-electron chi connectivity index (χ0n) is 7.32. The van der Waals surface area contributed by atoms with E-state index >= 15 is 0 Å².